The van der Waals surface area contributed by atoms with Gasteiger partial charge in [0, 0.05) is 25.2 Å². The number of amides is 2. The van der Waals surface area contributed by atoms with Crippen LogP contribution in [0.2, 0.25) is 0 Å². The van der Waals surface area contributed by atoms with E-state index in [2.05, 4.69) is 5.32 Å². The lowest BCUT2D eigenvalue weighted by Gasteiger charge is -2.30. The van der Waals surface area contributed by atoms with Gasteiger partial charge in [0.05, 0.1) is 0 Å². The zero-order valence-corrected chi connectivity index (χ0v) is 8.42. The number of piperidine rings is 1. The van der Waals surface area contributed by atoms with Gasteiger partial charge in [0.1, 0.15) is 0 Å². The van der Waals surface area contributed by atoms with Crippen LogP contribution < -0.4 is 11.1 Å². The maximum absolute atomic E-state index is 11.5. The zero-order valence-electron chi connectivity index (χ0n) is 8.42. The van der Waals surface area contributed by atoms with Crippen LogP contribution in [-0.4, -0.2) is 36.1 Å². The molecule has 0 aromatic rings. The van der Waals surface area contributed by atoms with E-state index in [9.17, 15) is 4.79 Å². The van der Waals surface area contributed by atoms with Crippen LogP contribution in [0.1, 0.15) is 26.7 Å². The summed E-state index contributed by atoms with van der Waals surface area (Å²) in [6, 6.07) is 0.535. The summed E-state index contributed by atoms with van der Waals surface area (Å²) in [5.74, 6) is 0. The van der Waals surface area contributed by atoms with Crippen LogP contribution in [-0.2, 0) is 0 Å². The average Bonchev–Trinajstić information content (AvgIpc) is 2.04. The van der Waals surface area contributed by atoms with Gasteiger partial charge in [-0.15, -0.1) is 0 Å². The summed E-state index contributed by atoms with van der Waals surface area (Å²) in [6.45, 7) is 5.51. The number of carbonyl (C=O) groups excluding carboxylic acids is 1. The number of rotatable bonds is 1. The van der Waals surface area contributed by atoms with Crippen molar-refractivity contribution in [3.8, 4) is 0 Å². The van der Waals surface area contributed by atoms with Crippen LogP contribution in [0.15, 0.2) is 0 Å². The largest absolute Gasteiger partial charge is 0.336 e. The standard InChI is InChI=1S/C9H19N3O/c1-7(2)11-9(13)12-5-3-8(10)4-6-12/h7-8H,3-6,10H2,1-2H3,(H,11,13). The Balaban J connectivity index is 2.31. The van der Waals surface area contributed by atoms with Crippen molar-refractivity contribution in [2.45, 2.75) is 38.8 Å². The van der Waals surface area contributed by atoms with Gasteiger partial charge in [-0.2, -0.15) is 0 Å². The molecule has 0 bridgehead atoms. The molecule has 1 saturated heterocycles. The Kier molecular flexibility index (Phi) is 3.54. The van der Waals surface area contributed by atoms with Gasteiger partial charge in [0.15, 0.2) is 0 Å². The van der Waals surface area contributed by atoms with Crippen LogP contribution >= 0.6 is 0 Å². The summed E-state index contributed by atoms with van der Waals surface area (Å²) in [7, 11) is 0. The minimum Gasteiger partial charge on any atom is -0.336 e. The molecule has 0 aliphatic carbocycles. The van der Waals surface area contributed by atoms with Crippen molar-refractivity contribution >= 4 is 6.03 Å². The molecular weight excluding hydrogens is 166 g/mol. The van der Waals surface area contributed by atoms with Crippen LogP contribution in [0, 0.1) is 0 Å². The second-order valence-electron chi connectivity index (χ2n) is 3.93. The molecule has 1 rings (SSSR count). The summed E-state index contributed by atoms with van der Waals surface area (Å²) in [5.41, 5.74) is 5.74. The molecule has 3 N–H and O–H groups in total. The van der Waals surface area contributed by atoms with Gasteiger partial charge < -0.3 is 16.0 Å². The minimum absolute atomic E-state index is 0.0434. The van der Waals surface area contributed by atoms with Crippen molar-refractivity contribution in [2.24, 2.45) is 5.73 Å². The second-order valence-corrected chi connectivity index (χ2v) is 3.93. The van der Waals surface area contributed by atoms with Gasteiger partial charge in [-0.05, 0) is 26.7 Å². The lowest BCUT2D eigenvalue weighted by Crippen LogP contribution is -2.48. The molecular formula is C9H19N3O. The molecule has 0 atom stereocenters. The fraction of sp³-hybridized carbons (Fsp3) is 0.889. The third-order valence-corrected chi connectivity index (χ3v) is 2.24. The molecule has 1 fully saturated rings. The molecule has 0 radical (unpaired) electrons. The highest BCUT2D eigenvalue weighted by Gasteiger charge is 2.20. The summed E-state index contributed by atoms with van der Waals surface area (Å²) >= 11 is 0. The van der Waals surface area contributed by atoms with Gasteiger partial charge >= 0.3 is 6.03 Å². The molecule has 4 nitrogen and oxygen atoms in total. The minimum atomic E-state index is 0.0434. The quantitative estimate of drug-likeness (QED) is 0.626. The topological polar surface area (TPSA) is 58.4 Å². The highest BCUT2D eigenvalue weighted by Crippen LogP contribution is 2.07. The van der Waals surface area contributed by atoms with E-state index < -0.39 is 0 Å². The normalized spacial score (nSPS) is 19.2. The Morgan fingerprint density at radius 1 is 1.46 bits per heavy atom. The third-order valence-electron chi connectivity index (χ3n) is 2.24. The average molecular weight is 185 g/mol. The lowest BCUT2D eigenvalue weighted by molar-refractivity contribution is 0.179. The van der Waals surface area contributed by atoms with E-state index in [4.69, 9.17) is 5.73 Å². The molecule has 0 unspecified atom stereocenters. The molecule has 76 valence electrons. The lowest BCUT2D eigenvalue weighted by atomic mass is 10.1. The van der Waals surface area contributed by atoms with Gasteiger partial charge in [0.2, 0.25) is 0 Å². The first-order valence-electron chi connectivity index (χ1n) is 4.90. The number of likely N-dealkylation sites (tertiary alicyclic amines) is 1. The van der Waals surface area contributed by atoms with Gasteiger partial charge in [-0.1, -0.05) is 0 Å². The van der Waals surface area contributed by atoms with Crippen LogP contribution in [0.5, 0.6) is 0 Å². The molecule has 0 aromatic heterocycles. The monoisotopic (exact) mass is 185 g/mol. The summed E-state index contributed by atoms with van der Waals surface area (Å²) in [6.07, 6.45) is 1.84. The Bertz CT molecular complexity index is 174. The number of hydrogen-bond donors (Lipinski definition) is 2. The Morgan fingerprint density at radius 3 is 2.46 bits per heavy atom. The number of nitrogens with zero attached hydrogens (tertiary/aromatic N) is 1. The van der Waals surface area contributed by atoms with E-state index in [-0.39, 0.29) is 18.1 Å². The maximum Gasteiger partial charge on any atom is 0.317 e. The zero-order chi connectivity index (χ0) is 9.84. The first-order chi connectivity index (χ1) is 6.09. The molecule has 2 amide bonds. The third kappa shape index (κ3) is 3.22. The van der Waals surface area contributed by atoms with Crippen molar-refractivity contribution in [2.75, 3.05) is 13.1 Å². The van der Waals surface area contributed by atoms with Gasteiger partial charge in [0.25, 0.3) is 0 Å². The highest BCUT2D eigenvalue weighted by atomic mass is 16.2. The van der Waals surface area contributed by atoms with Gasteiger partial charge in [-0.3, -0.25) is 0 Å². The van der Waals surface area contributed by atoms with Crippen LogP contribution in [0.4, 0.5) is 4.79 Å². The highest BCUT2D eigenvalue weighted by molar-refractivity contribution is 5.74. The fourth-order valence-electron chi connectivity index (χ4n) is 1.44. The predicted molar refractivity (Wildman–Crippen MR) is 52.5 cm³/mol. The van der Waals surface area contributed by atoms with Crippen molar-refractivity contribution in [1.82, 2.24) is 10.2 Å². The number of urea groups is 1. The van der Waals surface area contributed by atoms with Crippen molar-refractivity contribution in [1.29, 1.82) is 0 Å². The molecule has 4 heteroatoms. The SMILES string of the molecule is CC(C)NC(=O)N1CCC(N)CC1. The molecule has 1 aliphatic rings. The Hall–Kier alpha value is -0.770. The fourth-order valence-corrected chi connectivity index (χ4v) is 1.44. The smallest absolute Gasteiger partial charge is 0.317 e. The molecule has 0 saturated carbocycles. The molecule has 0 aromatic carbocycles. The molecule has 1 heterocycles. The summed E-state index contributed by atoms with van der Waals surface area (Å²) in [4.78, 5) is 13.3. The summed E-state index contributed by atoms with van der Waals surface area (Å²) < 4.78 is 0. The Labute approximate surface area is 79.5 Å². The number of hydrogen-bond acceptors (Lipinski definition) is 2. The van der Waals surface area contributed by atoms with Gasteiger partial charge in [-0.25, -0.2) is 4.79 Å². The van der Waals surface area contributed by atoms with E-state index in [1.54, 1.807) is 0 Å². The molecule has 13 heavy (non-hydrogen) atoms. The van der Waals surface area contributed by atoms with Crippen LogP contribution in [0.25, 0.3) is 0 Å². The first-order valence-corrected chi connectivity index (χ1v) is 4.90. The maximum atomic E-state index is 11.5. The summed E-state index contributed by atoms with van der Waals surface area (Å²) in [5, 5.41) is 2.87. The van der Waals surface area contributed by atoms with E-state index in [0.717, 1.165) is 25.9 Å². The molecule has 0 spiro atoms. The van der Waals surface area contributed by atoms with Crippen molar-refractivity contribution in [3.63, 3.8) is 0 Å². The van der Waals surface area contributed by atoms with E-state index >= 15 is 0 Å². The van der Waals surface area contributed by atoms with Crippen molar-refractivity contribution in [3.05, 3.63) is 0 Å². The second kappa shape index (κ2) is 4.46. The van der Waals surface area contributed by atoms with E-state index in [1.165, 1.54) is 0 Å². The van der Waals surface area contributed by atoms with Crippen molar-refractivity contribution < 1.29 is 4.79 Å². The Morgan fingerprint density at radius 2 is 2.00 bits per heavy atom. The number of nitrogens with one attached hydrogen (secondary N) is 1. The number of nitrogens with two attached hydrogens (primary N) is 1. The molecule has 1 aliphatic heterocycles. The van der Waals surface area contributed by atoms with E-state index in [0.29, 0.717) is 0 Å². The van der Waals surface area contributed by atoms with Crippen LogP contribution in [0.3, 0.4) is 0 Å². The van der Waals surface area contributed by atoms with E-state index in [1.807, 2.05) is 18.7 Å². The predicted octanol–water partition coefficient (Wildman–Crippen LogP) is 0.527. The first kappa shape index (κ1) is 10.3. The number of carbonyl (C=O) groups is 1.